The maximum atomic E-state index is 13.2. The lowest BCUT2D eigenvalue weighted by Crippen LogP contribution is -1.97. The maximum absolute atomic E-state index is 13.2. The van der Waals surface area contributed by atoms with E-state index in [1.54, 1.807) is 6.07 Å². The number of benzene rings is 3. The monoisotopic (exact) mass is 426 g/mol. The largest absolute Gasteiger partial charge is 0.207 e. The summed E-state index contributed by atoms with van der Waals surface area (Å²) in [5, 5.41) is 1.85. The quantitative estimate of drug-likeness (QED) is 0.392. The Morgan fingerprint density at radius 1 is 0.810 bits per heavy atom. The summed E-state index contributed by atoms with van der Waals surface area (Å²) in [6, 6.07) is 16.6. The first-order chi connectivity index (χ1) is 10.1. The molecule has 0 radical (unpaired) electrons. The zero-order valence-electron chi connectivity index (χ0n) is 10.8. The Labute approximate surface area is 144 Å². The Balaban J connectivity index is 2.18. The smallest absolute Gasteiger partial charge is 0.124 e. The van der Waals surface area contributed by atoms with Crippen LogP contribution in [0.4, 0.5) is 4.39 Å². The Bertz CT molecular complexity index is 817. The molecule has 1 unspecified atom stereocenters. The van der Waals surface area contributed by atoms with E-state index in [1.165, 1.54) is 12.1 Å². The van der Waals surface area contributed by atoms with Crippen LogP contribution in [0.3, 0.4) is 0 Å². The Kier molecular flexibility index (Phi) is 4.34. The molecule has 0 amide bonds. The van der Waals surface area contributed by atoms with Crippen molar-refractivity contribution in [3.63, 3.8) is 0 Å². The third-order valence-electron chi connectivity index (χ3n) is 3.41. The SMILES string of the molecule is Fc1ccc(C(Cl)c2ccc(Br)c3ccccc23)c(Br)c1. The first kappa shape index (κ1) is 15.0. The second-order valence-corrected chi connectivity index (χ2v) is 6.86. The van der Waals surface area contributed by atoms with Crippen molar-refractivity contribution in [1.82, 2.24) is 0 Å². The first-order valence-corrected chi connectivity index (χ1v) is 8.36. The van der Waals surface area contributed by atoms with Crippen LogP contribution in [-0.4, -0.2) is 0 Å². The van der Waals surface area contributed by atoms with Gasteiger partial charge in [0.25, 0.3) is 0 Å². The van der Waals surface area contributed by atoms with Gasteiger partial charge in [0.2, 0.25) is 0 Å². The van der Waals surface area contributed by atoms with E-state index in [1.807, 2.05) is 36.4 Å². The molecule has 1 atom stereocenters. The fraction of sp³-hybridized carbons (Fsp3) is 0.0588. The highest BCUT2D eigenvalue weighted by molar-refractivity contribution is 9.11. The summed E-state index contributed by atoms with van der Waals surface area (Å²) in [7, 11) is 0. The molecule has 0 aliphatic rings. The maximum Gasteiger partial charge on any atom is 0.124 e. The van der Waals surface area contributed by atoms with Gasteiger partial charge in [-0.05, 0) is 40.1 Å². The summed E-state index contributed by atoms with van der Waals surface area (Å²) in [5.74, 6) is -0.282. The third kappa shape index (κ3) is 2.87. The predicted molar refractivity (Wildman–Crippen MR) is 93.4 cm³/mol. The van der Waals surface area contributed by atoms with Crippen LogP contribution < -0.4 is 0 Å². The van der Waals surface area contributed by atoms with Crippen molar-refractivity contribution in [2.45, 2.75) is 5.38 Å². The minimum Gasteiger partial charge on any atom is -0.207 e. The summed E-state index contributed by atoms with van der Waals surface area (Å²) in [5.41, 5.74) is 1.85. The fourth-order valence-corrected chi connectivity index (χ4v) is 3.95. The molecule has 0 aliphatic heterocycles. The normalized spacial score (nSPS) is 12.6. The molecule has 0 saturated carbocycles. The van der Waals surface area contributed by atoms with E-state index in [2.05, 4.69) is 31.9 Å². The highest BCUT2D eigenvalue weighted by atomic mass is 79.9. The predicted octanol–water partition coefficient (Wildman–Crippen LogP) is 6.83. The second-order valence-electron chi connectivity index (χ2n) is 4.71. The van der Waals surface area contributed by atoms with Crippen LogP contribution in [0.2, 0.25) is 0 Å². The summed E-state index contributed by atoms with van der Waals surface area (Å²) < 4.78 is 14.9. The Morgan fingerprint density at radius 2 is 1.48 bits per heavy atom. The van der Waals surface area contributed by atoms with Gasteiger partial charge in [-0.3, -0.25) is 0 Å². The van der Waals surface area contributed by atoms with Gasteiger partial charge in [0.1, 0.15) is 5.82 Å². The number of halogens is 4. The molecule has 0 aromatic heterocycles. The molecule has 106 valence electrons. The lowest BCUT2D eigenvalue weighted by molar-refractivity contribution is 0.626. The van der Waals surface area contributed by atoms with Crippen molar-refractivity contribution in [1.29, 1.82) is 0 Å². The van der Waals surface area contributed by atoms with Crippen LogP contribution in [0.25, 0.3) is 10.8 Å². The molecule has 0 aliphatic carbocycles. The summed E-state index contributed by atoms with van der Waals surface area (Å²) in [4.78, 5) is 0. The number of alkyl halides is 1. The molecule has 21 heavy (non-hydrogen) atoms. The van der Waals surface area contributed by atoms with Crippen molar-refractivity contribution in [2.75, 3.05) is 0 Å². The molecular weight excluding hydrogens is 418 g/mol. The highest BCUT2D eigenvalue weighted by Crippen LogP contribution is 2.39. The van der Waals surface area contributed by atoms with Gasteiger partial charge in [0.05, 0.1) is 5.38 Å². The van der Waals surface area contributed by atoms with Gasteiger partial charge in [0.15, 0.2) is 0 Å². The molecular formula is C17H10Br2ClF. The van der Waals surface area contributed by atoms with E-state index in [0.717, 1.165) is 26.4 Å². The minimum absolute atomic E-state index is 0.282. The molecule has 0 nitrogen and oxygen atoms in total. The lowest BCUT2D eigenvalue weighted by atomic mass is 9.98. The average Bonchev–Trinajstić information content (AvgIpc) is 2.47. The van der Waals surface area contributed by atoms with Gasteiger partial charge >= 0.3 is 0 Å². The van der Waals surface area contributed by atoms with Gasteiger partial charge in [-0.1, -0.05) is 68.3 Å². The standard InChI is InChI=1S/C17H10Br2ClF/c18-15-8-7-13(11-3-1-2-4-12(11)15)17(20)14-6-5-10(21)9-16(14)19/h1-9,17H. The van der Waals surface area contributed by atoms with Gasteiger partial charge in [-0.25, -0.2) is 4.39 Å². The zero-order chi connectivity index (χ0) is 15.0. The zero-order valence-corrected chi connectivity index (χ0v) is 14.7. The van der Waals surface area contributed by atoms with E-state index in [9.17, 15) is 4.39 Å². The Morgan fingerprint density at radius 3 is 2.19 bits per heavy atom. The molecule has 0 bridgehead atoms. The summed E-state index contributed by atoms with van der Waals surface area (Å²) >= 11 is 13.6. The topological polar surface area (TPSA) is 0 Å². The van der Waals surface area contributed by atoms with Gasteiger partial charge in [-0.15, -0.1) is 11.6 Å². The van der Waals surface area contributed by atoms with E-state index >= 15 is 0 Å². The van der Waals surface area contributed by atoms with Gasteiger partial charge in [0, 0.05) is 8.95 Å². The molecule has 0 N–H and O–H groups in total. The third-order valence-corrected chi connectivity index (χ3v) is 5.26. The molecule has 0 spiro atoms. The number of hydrogen-bond acceptors (Lipinski definition) is 0. The van der Waals surface area contributed by atoms with Crippen molar-refractivity contribution in [2.24, 2.45) is 0 Å². The molecule has 3 aromatic carbocycles. The highest BCUT2D eigenvalue weighted by Gasteiger charge is 2.17. The average molecular weight is 429 g/mol. The first-order valence-electron chi connectivity index (χ1n) is 6.34. The number of rotatable bonds is 2. The molecule has 4 heteroatoms. The van der Waals surface area contributed by atoms with E-state index in [4.69, 9.17) is 11.6 Å². The minimum atomic E-state index is -0.349. The summed E-state index contributed by atoms with van der Waals surface area (Å²) in [6.07, 6.45) is 0. The van der Waals surface area contributed by atoms with Crippen molar-refractivity contribution in [3.05, 3.63) is 80.5 Å². The van der Waals surface area contributed by atoms with Crippen molar-refractivity contribution >= 4 is 54.2 Å². The van der Waals surface area contributed by atoms with E-state index in [0.29, 0.717) is 4.47 Å². The van der Waals surface area contributed by atoms with Crippen LogP contribution in [0.15, 0.2) is 63.5 Å². The van der Waals surface area contributed by atoms with Gasteiger partial charge in [-0.2, -0.15) is 0 Å². The van der Waals surface area contributed by atoms with Crippen LogP contribution >= 0.6 is 43.5 Å². The Hall–Kier alpha value is -0.900. The summed E-state index contributed by atoms with van der Waals surface area (Å²) in [6.45, 7) is 0. The lowest BCUT2D eigenvalue weighted by Gasteiger charge is -2.15. The second kappa shape index (κ2) is 6.07. The molecule has 3 rings (SSSR count). The molecule has 3 aromatic rings. The van der Waals surface area contributed by atoms with E-state index in [-0.39, 0.29) is 11.2 Å². The van der Waals surface area contributed by atoms with E-state index < -0.39 is 0 Å². The van der Waals surface area contributed by atoms with Crippen LogP contribution in [0.5, 0.6) is 0 Å². The molecule has 0 heterocycles. The number of hydrogen-bond donors (Lipinski definition) is 0. The van der Waals surface area contributed by atoms with Crippen LogP contribution in [0.1, 0.15) is 16.5 Å². The number of fused-ring (bicyclic) bond motifs is 1. The van der Waals surface area contributed by atoms with Crippen LogP contribution in [-0.2, 0) is 0 Å². The van der Waals surface area contributed by atoms with Gasteiger partial charge < -0.3 is 0 Å². The molecule has 0 saturated heterocycles. The van der Waals surface area contributed by atoms with Crippen molar-refractivity contribution in [3.8, 4) is 0 Å². The van der Waals surface area contributed by atoms with Crippen LogP contribution in [0, 0.1) is 5.82 Å². The fourth-order valence-electron chi connectivity index (χ4n) is 2.38. The molecule has 0 fully saturated rings. The van der Waals surface area contributed by atoms with Crippen molar-refractivity contribution < 1.29 is 4.39 Å².